The molecule has 0 atom stereocenters. The van der Waals surface area contributed by atoms with Crippen LogP contribution in [0.1, 0.15) is 45.4 Å². The van der Waals surface area contributed by atoms with E-state index >= 15 is 0 Å². The summed E-state index contributed by atoms with van der Waals surface area (Å²) in [4.78, 5) is 0. The van der Waals surface area contributed by atoms with Crippen LogP contribution in [-0.2, 0) is 0 Å². The van der Waals surface area contributed by atoms with Gasteiger partial charge in [-0.1, -0.05) is 39.0 Å². The van der Waals surface area contributed by atoms with Crippen molar-refractivity contribution in [3.63, 3.8) is 0 Å². The Labute approximate surface area is 87.0 Å². The van der Waals surface area contributed by atoms with Crippen molar-refractivity contribution < 1.29 is 0 Å². The number of unbranched alkanes of at least 4 members (excludes halogenated alkanes) is 5. The Balaban J connectivity index is 0. The van der Waals surface area contributed by atoms with Crippen LogP contribution in [0.15, 0.2) is 0 Å². The first-order chi connectivity index (χ1) is 4.41. The van der Waals surface area contributed by atoms with E-state index in [1.54, 1.807) is 0 Å². The quantitative estimate of drug-likeness (QED) is 0.456. The van der Waals surface area contributed by atoms with Crippen LogP contribution >= 0.6 is 0 Å². The molecule has 0 aliphatic rings. The summed E-state index contributed by atoms with van der Waals surface area (Å²) in [6.07, 6.45) is 8.05. The molecule has 0 rings (SSSR count). The molecule has 1 nitrogen and oxygen atoms in total. The maximum absolute atomic E-state index is 5.34. The molecule has 0 amide bonds. The molecule has 58 valence electrons. The Morgan fingerprint density at radius 1 is 0.900 bits per heavy atom. The maximum atomic E-state index is 5.34. The van der Waals surface area contributed by atoms with E-state index in [-0.39, 0.29) is 29.6 Å². The van der Waals surface area contributed by atoms with E-state index in [2.05, 4.69) is 6.92 Å². The van der Waals surface area contributed by atoms with Crippen molar-refractivity contribution in [1.29, 1.82) is 0 Å². The van der Waals surface area contributed by atoms with Crippen molar-refractivity contribution in [2.75, 3.05) is 6.54 Å². The third kappa shape index (κ3) is 11.7. The Bertz CT molecular complexity index is 42.5. The molecule has 0 aromatic heterocycles. The third-order valence-electron chi connectivity index (χ3n) is 1.56. The second-order valence-corrected chi connectivity index (χ2v) is 2.56. The zero-order valence-electron chi connectivity index (χ0n) is 6.53. The van der Waals surface area contributed by atoms with Gasteiger partial charge < -0.3 is 5.73 Å². The molecule has 0 bridgehead atoms. The van der Waals surface area contributed by atoms with Gasteiger partial charge in [-0.05, 0) is 13.0 Å². The fraction of sp³-hybridized carbons (Fsp3) is 1.00. The number of hydrogen-bond donors (Lipinski definition) is 1. The van der Waals surface area contributed by atoms with Crippen molar-refractivity contribution in [2.45, 2.75) is 45.4 Å². The van der Waals surface area contributed by atoms with E-state index in [0.29, 0.717) is 0 Å². The molecule has 0 spiro atoms. The summed E-state index contributed by atoms with van der Waals surface area (Å²) in [6, 6.07) is 0. The number of hydrogen-bond acceptors (Lipinski definition) is 1. The second kappa shape index (κ2) is 12.6. The molecular formula is C8H20NNa. The van der Waals surface area contributed by atoms with Gasteiger partial charge in [0.15, 0.2) is 0 Å². The fourth-order valence-corrected chi connectivity index (χ4v) is 0.925. The van der Waals surface area contributed by atoms with Gasteiger partial charge in [-0.3, -0.25) is 0 Å². The standard InChI is InChI=1S/C8H19N.Na.H/c1-2-3-4-5-6-7-8-9;;/h2-9H2,1H3;;. The van der Waals surface area contributed by atoms with Gasteiger partial charge in [-0.15, -0.1) is 0 Å². The van der Waals surface area contributed by atoms with Crippen LogP contribution in [0.4, 0.5) is 0 Å². The molecule has 0 fully saturated rings. The minimum atomic E-state index is 0. The van der Waals surface area contributed by atoms with E-state index in [1.165, 1.54) is 38.5 Å². The first-order valence-electron chi connectivity index (χ1n) is 4.12. The van der Waals surface area contributed by atoms with Crippen LogP contribution in [-0.4, -0.2) is 36.1 Å². The topological polar surface area (TPSA) is 26.0 Å². The van der Waals surface area contributed by atoms with Gasteiger partial charge in [0.2, 0.25) is 0 Å². The molecule has 0 radical (unpaired) electrons. The summed E-state index contributed by atoms with van der Waals surface area (Å²) in [5.41, 5.74) is 5.34. The fourth-order valence-electron chi connectivity index (χ4n) is 0.925. The average Bonchev–Trinajstić information content (AvgIpc) is 1.89. The van der Waals surface area contributed by atoms with E-state index in [1.807, 2.05) is 0 Å². The molecule has 0 saturated carbocycles. The van der Waals surface area contributed by atoms with Gasteiger partial charge in [0, 0.05) is 0 Å². The van der Waals surface area contributed by atoms with Crippen molar-refractivity contribution in [1.82, 2.24) is 0 Å². The van der Waals surface area contributed by atoms with Crippen LogP contribution in [0.5, 0.6) is 0 Å². The molecule has 10 heavy (non-hydrogen) atoms. The molecule has 2 heteroatoms. The summed E-state index contributed by atoms with van der Waals surface area (Å²) in [5.74, 6) is 0. The average molecular weight is 153 g/mol. The molecular weight excluding hydrogens is 133 g/mol. The van der Waals surface area contributed by atoms with Crippen molar-refractivity contribution in [3.05, 3.63) is 0 Å². The molecule has 0 aromatic carbocycles. The Morgan fingerprint density at radius 3 is 1.90 bits per heavy atom. The molecule has 0 aliphatic carbocycles. The van der Waals surface area contributed by atoms with Crippen LogP contribution in [0, 0.1) is 0 Å². The second-order valence-electron chi connectivity index (χ2n) is 2.56. The van der Waals surface area contributed by atoms with E-state index < -0.39 is 0 Å². The van der Waals surface area contributed by atoms with E-state index in [4.69, 9.17) is 5.73 Å². The predicted molar refractivity (Wildman–Crippen MR) is 49.6 cm³/mol. The summed E-state index contributed by atoms with van der Waals surface area (Å²) in [7, 11) is 0. The van der Waals surface area contributed by atoms with Gasteiger partial charge in [0.05, 0.1) is 0 Å². The first kappa shape index (κ1) is 13.5. The van der Waals surface area contributed by atoms with Crippen LogP contribution < -0.4 is 5.73 Å². The van der Waals surface area contributed by atoms with Gasteiger partial charge in [0.25, 0.3) is 0 Å². The third-order valence-corrected chi connectivity index (χ3v) is 1.56. The van der Waals surface area contributed by atoms with Crippen LogP contribution in [0.2, 0.25) is 0 Å². The van der Waals surface area contributed by atoms with Crippen molar-refractivity contribution >= 4 is 29.6 Å². The summed E-state index contributed by atoms with van der Waals surface area (Å²) >= 11 is 0. The molecule has 0 unspecified atom stereocenters. The Hall–Kier alpha value is 0.960. The van der Waals surface area contributed by atoms with E-state index in [0.717, 1.165) is 6.54 Å². The Morgan fingerprint density at radius 2 is 1.40 bits per heavy atom. The normalized spacial score (nSPS) is 9.00. The first-order valence-corrected chi connectivity index (χ1v) is 4.12. The minimum absolute atomic E-state index is 0. The number of nitrogens with two attached hydrogens (primary N) is 1. The van der Waals surface area contributed by atoms with Crippen LogP contribution in [0.3, 0.4) is 0 Å². The monoisotopic (exact) mass is 153 g/mol. The summed E-state index contributed by atoms with van der Waals surface area (Å²) in [5, 5.41) is 0. The molecule has 0 aliphatic heterocycles. The molecule has 0 aromatic rings. The van der Waals surface area contributed by atoms with E-state index in [9.17, 15) is 0 Å². The van der Waals surface area contributed by atoms with Crippen LogP contribution in [0.25, 0.3) is 0 Å². The SMILES string of the molecule is CCCCCCCCN.[NaH]. The number of rotatable bonds is 6. The predicted octanol–water partition coefficient (Wildman–Crippen LogP) is 1.66. The van der Waals surface area contributed by atoms with Crippen molar-refractivity contribution in [2.24, 2.45) is 5.73 Å². The summed E-state index contributed by atoms with van der Waals surface area (Å²) < 4.78 is 0. The van der Waals surface area contributed by atoms with Gasteiger partial charge in [-0.2, -0.15) is 0 Å². The van der Waals surface area contributed by atoms with Crippen molar-refractivity contribution in [3.8, 4) is 0 Å². The van der Waals surface area contributed by atoms with Gasteiger partial charge in [0.1, 0.15) is 0 Å². The Kier molecular flexibility index (Phi) is 17.1. The molecule has 0 saturated heterocycles. The zero-order chi connectivity index (χ0) is 6.95. The molecule has 2 N–H and O–H groups in total. The van der Waals surface area contributed by atoms with Gasteiger partial charge in [-0.25, -0.2) is 0 Å². The van der Waals surface area contributed by atoms with Gasteiger partial charge >= 0.3 is 29.6 Å². The summed E-state index contributed by atoms with van der Waals surface area (Å²) in [6.45, 7) is 3.11. The zero-order valence-corrected chi connectivity index (χ0v) is 6.53. The molecule has 0 heterocycles.